The summed E-state index contributed by atoms with van der Waals surface area (Å²) in [5, 5.41) is 0. The molecule has 3 rings (SSSR count). The maximum Gasteiger partial charge on any atom is 0.151 e. The molecule has 0 saturated carbocycles. The number of nitrogens with zero attached hydrogens (tertiary/aromatic N) is 2. The van der Waals surface area contributed by atoms with E-state index in [1.807, 2.05) is 24.3 Å². The number of rotatable bonds is 3. The van der Waals surface area contributed by atoms with Crippen LogP contribution in [0.2, 0.25) is 0 Å². The number of para-hydroxylation sites is 1. The van der Waals surface area contributed by atoms with Gasteiger partial charge in [0.05, 0.1) is 5.52 Å². The van der Waals surface area contributed by atoms with Crippen LogP contribution in [0.5, 0.6) is 0 Å². The Morgan fingerprint density at radius 2 is 2.10 bits per heavy atom. The Balaban J connectivity index is 2.27. The average Bonchev–Trinajstić information content (AvgIpc) is 2.83. The van der Waals surface area contributed by atoms with Crippen molar-refractivity contribution in [2.45, 2.75) is 19.9 Å². The highest BCUT2D eigenvalue weighted by Gasteiger charge is 2.15. The normalized spacial score (nSPS) is 11.2. The lowest BCUT2D eigenvalue weighted by Gasteiger charge is -2.09. The standard InChI is InChI=1S/C16H15BrFN3/c1-2-8-21-14-5-3-4-12(18)15(14)20-16(21)10-6-7-13(19)11(17)9-10/h3-7,9H,2,8,19H2,1H3. The van der Waals surface area contributed by atoms with E-state index in [4.69, 9.17) is 5.73 Å². The molecule has 0 aliphatic heterocycles. The molecule has 1 aromatic heterocycles. The SMILES string of the molecule is CCCn1c(-c2ccc(N)c(Br)c2)nc2c(F)cccc21. The predicted octanol–water partition coefficient (Wildman–Crippen LogP) is 4.60. The van der Waals surface area contributed by atoms with Crippen molar-refractivity contribution >= 4 is 32.7 Å². The van der Waals surface area contributed by atoms with Crippen LogP contribution in [0, 0.1) is 5.82 Å². The second kappa shape index (κ2) is 5.48. The molecule has 0 amide bonds. The van der Waals surface area contributed by atoms with E-state index >= 15 is 0 Å². The number of hydrogen-bond donors (Lipinski definition) is 1. The first-order valence-electron chi connectivity index (χ1n) is 6.82. The van der Waals surface area contributed by atoms with Crippen molar-refractivity contribution in [1.82, 2.24) is 9.55 Å². The van der Waals surface area contributed by atoms with Crippen LogP contribution in [-0.4, -0.2) is 9.55 Å². The van der Waals surface area contributed by atoms with Crippen LogP contribution in [0.4, 0.5) is 10.1 Å². The minimum atomic E-state index is -0.293. The zero-order chi connectivity index (χ0) is 15.0. The molecule has 0 saturated heterocycles. The number of aryl methyl sites for hydroxylation is 1. The summed E-state index contributed by atoms with van der Waals surface area (Å²) in [7, 11) is 0. The predicted molar refractivity (Wildman–Crippen MR) is 87.5 cm³/mol. The van der Waals surface area contributed by atoms with E-state index in [1.165, 1.54) is 6.07 Å². The van der Waals surface area contributed by atoms with Gasteiger partial charge in [0.25, 0.3) is 0 Å². The molecule has 2 aromatic carbocycles. The van der Waals surface area contributed by atoms with E-state index in [9.17, 15) is 4.39 Å². The summed E-state index contributed by atoms with van der Waals surface area (Å²) in [6, 6.07) is 10.7. The first-order valence-corrected chi connectivity index (χ1v) is 7.61. The van der Waals surface area contributed by atoms with Gasteiger partial charge >= 0.3 is 0 Å². The molecule has 0 aliphatic carbocycles. The van der Waals surface area contributed by atoms with E-state index in [1.54, 1.807) is 6.07 Å². The van der Waals surface area contributed by atoms with Gasteiger partial charge in [0, 0.05) is 22.3 Å². The number of aromatic nitrogens is 2. The van der Waals surface area contributed by atoms with Gasteiger partial charge < -0.3 is 10.3 Å². The largest absolute Gasteiger partial charge is 0.398 e. The van der Waals surface area contributed by atoms with Crippen LogP contribution in [0.15, 0.2) is 40.9 Å². The Hall–Kier alpha value is -1.88. The van der Waals surface area contributed by atoms with Crippen LogP contribution in [-0.2, 0) is 6.54 Å². The molecule has 3 aromatic rings. The minimum Gasteiger partial charge on any atom is -0.398 e. The van der Waals surface area contributed by atoms with Crippen molar-refractivity contribution in [3.8, 4) is 11.4 Å². The molecule has 21 heavy (non-hydrogen) atoms. The highest BCUT2D eigenvalue weighted by molar-refractivity contribution is 9.10. The number of nitrogen functional groups attached to an aromatic ring is 1. The fraction of sp³-hybridized carbons (Fsp3) is 0.188. The topological polar surface area (TPSA) is 43.8 Å². The number of nitrogens with two attached hydrogens (primary N) is 1. The summed E-state index contributed by atoms with van der Waals surface area (Å²) in [6.45, 7) is 2.88. The summed E-state index contributed by atoms with van der Waals surface area (Å²) < 4.78 is 16.8. The Kier molecular flexibility index (Phi) is 3.68. The number of anilines is 1. The number of hydrogen-bond acceptors (Lipinski definition) is 2. The van der Waals surface area contributed by atoms with E-state index in [-0.39, 0.29) is 5.82 Å². The monoisotopic (exact) mass is 347 g/mol. The summed E-state index contributed by atoms with van der Waals surface area (Å²) in [6.07, 6.45) is 0.950. The molecule has 0 radical (unpaired) electrons. The first-order chi connectivity index (χ1) is 10.1. The van der Waals surface area contributed by atoms with Crippen LogP contribution in [0.25, 0.3) is 22.4 Å². The number of halogens is 2. The third kappa shape index (κ3) is 2.42. The van der Waals surface area contributed by atoms with Crippen LogP contribution in [0.1, 0.15) is 13.3 Å². The maximum absolute atomic E-state index is 14.0. The van der Waals surface area contributed by atoms with Crippen LogP contribution >= 0.6 is 15.9 Å². The summed E-state index contributed by atoms with van der Waals surface area (Å²) in [5.41, 5.74) is 8.65. The average molecular weight is 348 g/mol. The second-order valence-electron chi connectivity index (χ2n) is 4.93. The van der Waals surface area contributed by atoms with E-state index in [0.29, 0.717) is 11.2 Å². The van der Waals surface area contributed by atoms with Gasteiger partial charge in [-0.05, 0) is 52.7 Å². The smallest absolute Gasteiger partial charge is 0.151 e. The summed E-state index contributed by atoms with van der Waals surface area (Å²) >= 11 is 3.43. The third-order valence-electron chi connectivity index (χ3n) is 3.44. The van der Waals surface area contributed by atoms with Crippen molar-refractivity contribution in [1.29, 1.82) is 0 Å². The molecular formula is C16H15BrFN3. The van der Waals surface area contributed by atoms with E-state index in [0.717, 1.165) is 34.3 Å². The van der Waals surface area contributed by atoms with Crippen molar-refractivity contribution in [3.63, 3.8) is 0 Å². The third-order valence-corrected chi connectivity index (χ3v) is 4.12. The van der Waals surface area contributed by atoms with Gasteiger partial charge in [-0.15, -0.1) is 0 Å². The van der Waals surface area contributed by atoms with Gasteiger partial charge in [0.2, 0.25) is 0 Å². The van der Waals surface area contributed by atoms with Crippen LogP contribution < -0.4 is 5.73 Å². The summed E-state index contributed by atoms with van der Waals surface area (Å²) in [4.78, 5) is 4.50. The molecule has 1 heterocycles. The van der Waals surface area contributed by atoms with E-state index < -0.39 is 0 Å². The molecule has 0 unspecified atom stereocenters. The zero-order valence-electron chi connectivity index (χ0n) is 11.6. The van der Waals surface area contributed by atoms with Crippen molar-refractivity contribution < 1.29 is 4.39 Å². The molecule has 0 atom stereocenters. The van der Waals surface area contributed by atoms with Crippen molar-refractivity contribution in [2.24, 2.45) is 0 Å². The maximum atomic E-state index is 14.0. The van der Waals surface area contributed by atoms with Gasteiger partial charge in [0.15, 0.2) is 5.82 Å². The van der Waals surface area contributed by atoms with E-state index in [2.05, 4.69) is 32.4 Å². The van der Waals surface area contributed by atoms with Crippen molar-refractivity contribution in [3.05, 3.63) is 46.7 Å². The lowest BCUT2D eigenvalue weighted by molar-refractivity contribution is 0.637. The Labute approximate surface area is 130 Å². The minimum absolute atomic E-state index is 0.293. The van der Waals surface area contributed by atoms with Crippen molar-refractivity contribution in [2.75, 3.05) is 5.73 Å². The van der Waals surface area contributed by atoms with Gasteiger partial charge in [0.1, 0.15) is 11.3 Å². The molecule has 0 bridgehead atoms. The molecule has 108 valence electrons. The highest BCUT2D eigenvalue weighted by atomic mass is 79.9. The van der Waals surface area contributed by atoms with Gasteiger partial charge in [-0.25, -0.2) is 9.37 Å². The lowest BCUT2D eigenvalue weighted by Crippen LogP contribution is -2.00. The Bertz CT molecular complexity index is 811. The lowest BCUT2D eigenvalue weighted by atomic mass is 10.2. The molecule has 0 fully saturated rings. The van der Waals surface area contributed by atoms with Gasteiger partial charge in [-0.3, -0.25) is 0 Å². The zero-order valence-corrected chi connectivity index (χ0v) is 13.2. The molecule has 3 nitrogen and oxygen atoms in total. The van der Waals surface area contributed by atoms with Gasteiger partial charge in [-0.1, -0.05) is 13.0 Å². The highest BCUT2D eigenvalue weighted by Crippen LogP contribution is 2.30. The number of fused-ring (bicyclic) bond motifs is 1. The fourth-order valence-electron chi connectivity index (χ4n) is 2.45. The first kappa shape index (κ1) is 14.1. The summed E-state index contributed by atoms with van der Waals surface area (Å²) in [5.74, 6) is 0.468. The quantitative estimate of drug-likeness (QED) is 0.703. The number of imidazole rings is 1. The molecular weight excluding hydrogens is 333 g/mol. The van der Waals surface area contributed by atoms with Gasteiger partial charge in [-0.2, -0.15) is 0 Å². The fourth-order valence-corrected chi connectivity index (χ4v) is 2.83. The second-order valence-corrected chi connectivity index (χ2v) is 5.79. The molecule has 0 spiro atoms. The molecule has 0 aliphatic rings. The Morgan fingerprint density at radius 1 is 1.29 bits per heavy atom. The molecule has 2 N–H and O–H groups in total. The Morgan fingerprint density at radius 3 is 2.81 bits per heavy atom. The van der Waals surface area contributed by atoms with Crippen LogP contribution in [0.3, 0.4) is 0 Å². The number of benzene rings is 2. The molecule has 5 heteroatoms.